The zero-order valence-corrected chi connectivity index (χ0v) is 17.3. The smallest absolute Gasteiger partial charge is 0.331 e. The number of rotatable bonds is 0. The molecule has 2 N–H and O–H groups in total. The molecule has 1 rings (SSSR count). The number of carbonyl (C=O) groups excluding carboxylic acids is 2. The molecule has 5 nitrogen and oxygen atoms in total. The van der Waals surface area contributed by atoms with Gasteiger partial charge in [0.15, 0.2) is 0 Å². The Balaban J connectivity index is 2.61. The van der Waals surface area contributed by atoms with E-state index >= 15 is 0 Å². The van der Waals surface area contributed by atoms with Crippen LogP contribution in [0.1, 0.15) is 58.3 Å². The number of Topliss-reactive ketones (excluding diaryl/α,β-unsaturated/α-hetero) is 1. The number of esters is 1. The van der Waals surface area contributed by atoms with E-state index in [1.165, 1.54) is 6.08 Å². The van der Waals surface area contributed by atoms with Gasteiger partial charge in [-0.1, -0.05) is 54.7 Å². The van der Waals surface area contributed by atoms with E-state index in [1.54, 1.807) is 42.5 Å². The van der Waals surface area contributed by atoms with Crippen LogP contribution in [-0.2, 0) is 14.3 Å². The minimum Gasteiger partial charge on any atom is -0.460 e. The van der Waals surface area contributed by atoms with E-state index in [-0.39, 0.29) is 24.3 Å². The van der Waals surface area contributed by atoms with Gasteiger partial charge in [0.05, 0.1) is 18.3 Å². The quantitative estimate of drug-likeness (QED) is 0.470. The van der Waals surface area contributed by atoms with E-state index in [0.29, 0.717) is 25.7 Å². The highest BCUT2D eigenvalue weighted by molar-refractivity contribution is 5.82. The Labute approximate surface area is 174 Å². The number of hydrogen-bond acceptors (Lipinski definition) is 5. The van der Waals surface area contributed by atoms with Gasteiger partial charge in [-0.2, -0.15) is 0 Å². The molecule has 0 bridgehead atoms. The summed E-state index contributed by atoms with van der Waals surface area (Å²) in [5.74, 6) is -0.324. The molecule has 1 aliphatic rings. The number of cyclic esters (lactones) is 1. The Kier molecular flexibility index (Phi) is 13.4. The van der Waals surface area contributed by atoms with Gasteiger partial charge in [-0.25, -0.2) is 4.79 Å². The van der Waals surface area contributed by atoms with Crippen molar-refractivity contribution in [3.8, 4) is 0 Å². The van der Waals surface area contributed by atoms with Gasteiger partial charge >= 0.3 is 5.97 Å². The second kappa shape index (κ2) is 15.7. The van der Waals surface area contributed by atoms with E-state index in [9.17, 15) is 19.8 Å². The molecule has 0 aliphatic carbocycles. The molecule has 3 atom stereocenters. The maximum Gasteiger partial charge on any atom is 0.331 e. The number of ether oxygens (including phenoxy) is 1. The normalized spacial score (nSPS) is 32.3. The van der Waals surface area contributed by atoms with E-state index < -0.39 is 12.2 Å². The number of ketones is 1. The maximum absolute atomic E-state index is 11.9. The third kappa shape index (κ3) is 14.4. The fraction of sp³-hybridized carbons (Fsp3) is 0.500. The molecule has 0 amide bonds. The van der Waals surface area contributed by atoms with Crippen LogP contribution in [0.15, 0.2) is 60.8 Å². The van der Waals surface area contributed by atoms with Crippen LogP contribution in [0.3, 0.4) is 0 Å². The monoisotopic (exact) mass is 402 g/mol. The summed E-state index contributed by atoms with van der Waals surface area (Å²) >= 11 is 0. The molecule has 1 heterocycles. The lowest BCUT2D eigenvalue weighted by Gasteiger charge is -2.10. The first-order valence-electron chi connectivity index (χ1n) is 10.4. The molecule has 0 aromatic carbocycles. The van der Waals surface area contributed by atoms with Crippen molar-refractivity contribution in [2.75, 3.05) is 0 Å². The second-order valence-corrected chi connectivity index (χ2v) is 7.22. The third-order valence-electron chi connectivity index (χ3n) is 4.36. The van der Waals surface area contributed by atoms with Crippen molar-refractivity contribution in [2.45, 2.75) is 76.6 Å². The first-order valence-corrected chi connectivity index (χ1v) is 10.4. The van der Waals surface area contributed by atoms with Crippen LogP contribution in [0.2, 0.25) is 0 Å². The fourth-order valence-electron chi connectivity index (χ4n) is 2.76. The zero-order chi connectivity index (χ0) is 21.3. The van der Waals surface area contributed by atoms with Gasteiger partial charge in [-0.15, -0.1) is 0 Å². The second-order valence-electron chi connectivity index (χ2n) is 7.22. The van der Waals surface area contributed by atoms with Crippen molar-refractivity contribution in [3.63, 3.8) is 0 Å². The Morgan fingerprint density at radius 2 is 1.66 bits per heavy atom. The summed E-state index contributed by atoms with van der Waals surface area (Å²) in [6.07, 6.45) is 20.5. The largest absolute Gasteiger partial charge is 0.460 e. The molecular weight excluding hydrogens is 368 g/mol. The highest BCUT2D eigenvalue weighted by Crippen LogP contribution is 2.08. The molecule has 0 saturated heterocycles. The lowest BCUT2D eigenvalue weighted by molar-refractivity contribution is -0.142. The first kappa shape index (κ1) is 24.8. The minimum absolute atomic E-state index is 0.0522. The molecule has 29 heavy (non-hydrogen) atoms. The summed E-state index contributed by atoms with van der Waals surface area (Å²) < 4.78 is 5.31. The van der Waals surface area contributed by atoms with Crippen molar-refractivity contribution < 1.29 is 24.5 Å². The number of allylic oxidation sites excluding steroid dienone is 6. The van der Waals surface area contributed by atoms with E-state index in [1.807, 2.05) is 19.1 Å². The van der Waals surface area contributed by atoms with Crippen LogP contribution >= 0.6 is 0 Å². The summed E-state index contributed by atoms with van der Waals surface area (Å²) in [4.78, 5) is 23.6. The molecule has 0 spiro atoms. The van der Waals surface area contributed by atoms with Gasteiger partial charge in [0, 0.05) is 18.9 Å². The molecule has 3 unspecified atom stereocenters. The van der Waals surface area contributed by atoms with Crippen LogP contribution in [-0.4, -0.2) is 40.3 Å². The van der Waals surface area contributed by atoms with Crippen molar-refractivity contribution in [2.24, 2.45) is 0 Å². The Bertz CT molecular complexity index is 627. The lowest BCUT2D eigenvalue weighted by atomic mass is 10.1. The number of aliphatic hydroxyl groups is 2. The van der Waals surface area contributed by atoms with Crippen molar-refractivity contribution in [1.29, 1.82) is 0 Å². The number of carbonyl (C=O) groups is 2. The summed E-state index contributed by atoms with van der Waals surface area (Å²) in [7, 11) is 0. The molecule has 5 heteroatoms. The van der Waals surface area contributed by atoms with Crippen LogP contribution in [0.4, 0.5) is 0 Å². The third-order valence-corrected chi connectivity index (χ3v) is 4.36. The highest BCUT2D eigenvalue weighted by atomic mass is 16.5. The van der Waals surface area contributed by atoms with Gasteiger partial charge in [0.2, 0.25) is 0 Å². The van der Waals surface area contributed by atoms with E-state index in [2.05, 4.69) is 0 Å². The summed E-state index contributed by atoms with van der Waals surface area (Å²) in [5, 5.41) is 19.8. The van der Waals surface area contributed by atoms with Crippen molar-refractivity contribution in [3.05, 3.63) is 60.8 Å². The Morgan fingerprint density at radius 1 is 0.931 bits per heavy atom. The van der Waals surface area contributed by atoms with Gasteiger partial charge in [-0.05, 0) is 45.4 Å². The summed E-state index contributed by atoms with van der Waals surface area (Å²) in [6, 6.07) is 0. The maximum atomic E-state index is 11.9. The van der Waals surface area contributed by atoms with Crippen LogP contribution in [0.25, 0.3) is 0 Å². The van der Waals surface area contributed by atoms with Crippen LogP contribution < -0.4 is 0 Å². The summed E-state index contributed by atoms with van der Waals surface area (Å²) in [6.45, 7) is 1.87. The van der Waals surface area contributed by atoms with E-state index in [0.717, 1.165) is 19.3 Å². The van der Waals surface area contributed by atoms with Crippen molar-refractivity contribution in [1.82, 2.24) is 0 Å². The van der Waals surface area contributed by atoms with Gasteiger partial charge in [-0.3, -0.25) is 4.79 Å². The molecule has 1 aliphatic heterocycles. The topological polar surface area (TPSA) is 83.8 Å². The summed E-state index contributed by atoms with van der Waals surface area (Å²) in [5.41, 5.74) is 0. The molecule has 0 aromatic rings. The van der Waals surface area contributed by atoms with Gasteiger partial charge in [0.25, 0.3) is 0 Å². The number of hydrogen-bond donors (Lipinski definition) is 2. The minimum atomic E-state index is -0.675. The molecule has 0 fully saturated rings. The van der Waals surface area contributed by atoms with Gasteiger partial charge in [0.1, 0.15) is 5.78 Å². The molecular formula is C24H34O5. The number of aliphatic hydroxyl groups excluding tert-OH is 2. The van der Waals surface area contributed by atoms with Crippen LogP contribution in [0.5, 0.6) is 0 Å². The SMILES string of the molecule is CC1CCC/C=C/CCC(=O)CC(O)C/C=C\C=C\C(O)C/C=C/C=C\C(=O)O1. The van der Waals surface area contributed by atoms with E-state index in [4.69, 9.17) is 4.74 Å². The molecule has 0 radical (unpaired) electrons. The first-order chi connectivity index (χ1) is 14.0. The van der Waals surface area contributed by atoms with Gasteiger partial charge < -0.3 is 14.9 Å². The van der Waals surface area contributed by atoms with Crippen LogP contribution in [0, 0.1) is 0 Å². The highest BCUT2D eigenvalue weighted by Gasteiger charge is 2.09. The fourth-order valence-corrected chi connectivity index (χ4v) is 2.76. The standard InChI is InChI=1S/C24H34O5/c1-20-13-7-3-2-4-8-16-22(26)19-23(27)17-11-5-9-14-21(25)15-10-6-12-18-24(28)29-20/h2,4-6,9-12,14,18,20-21,23,25,27H,3,7-8,13,15-17,19H2,1H3/b4-2+,10-6+,11-5-,14-9+,18-12-. The predicted molar refractivity (Wildman–Crippen MR) is 115 cm³/mol. The molecule has 160 valence electrons. The lowest BCUT2D eigenvalue weighted by Crippen LogP contribution is -2.12. The predicted octanol–water partition coefficient (Wildman–Crippen LogP) is 4.12. The zero-order valence-electron chi connectivity index (χ0n) is 17.3. The molecule has 0 saturated carbocycles. The average Bonchev–Trinajstić information content (AvgIpc) is 2.65. The average molecular weight is 403 g/mol. The molecule has 0 aromatic heterocycles. The Morgan fingerprint density at radius 3 is 2.48 bits per heavy atom. The Hall–Kier alpha value is -2.24. The van der Waals surface area contributed by atoms with Crippen molar-refractivity contribution >= 4 is 11.8 Å².